The summed E-state index contributed by atoms with van der Waals surface area (Å²) in [5, 5.41) is 19.6. The Kier molecular flexibility index (Phi) is 4.18. The minimum Gasteiger partial charge on any atom is -0.478 e. The molecule has 21 heavy (non-hydrogen) atoms. The second kappa shape index (κ2) is 5.88. The lowest BCUT2D eigenvalue weighted by Gasteiger charge is -2.09. The Morgan fingerprint density at radius 2 is 2.00 bits per heavy atom. The number of carboxylic acid groups (broad SMARTS) is 1. The molecule has 2 rings (SSSR count). The minimum absolute atomic E-state index is 0.00914. The Morgan fingerprint density at radius 1 is 1.29 bits per heavy atom. The molecule has 0 unspecified atom stereocenters. The summed E-state index contributed by atoms with van der Waals surface area (Å²) in [5.41, 5.74) is -0.799. The average Bonchev–Trinajstić information content (AvgIpc) is 2.37. The number of rotatable bonds is 4. The van der Waals surface area contributed by atoms with Crippen molar-refractivity contribution in [3.8, 4) is 11.5 Å². The van der Waals surface area contributed by atoms with Crippen LogP contribution < -0.4 is 4.74 Å². The standard InChI is InChI=1S/C13H7BrFNO5/c14-7-1-3-9(13(17)18)12(5-7)21-8-2-4-11(16(19)20)10(15)6-8/h1-6H,(H,17,18). The molecule has 2 aromatic rings. The molecule has 0 aliphatic heterocycles. The molecule has 0 amide bonds. The van der Waals surface area contributed by atoms with Crippen molar-refractivity contribution in [1.29, 1.82) is 0 Å². The third-order valence-electron chi connectivity index (χ3n) is 2.52. The predicted molar refractivity (Wildman–Crippen MR) is 74.2 cm³/mol. The van der Waals surface area contributed by atoms with Gasteiger partial charge in [-0.25, -0.2) is 4.79 Å². The molecule has 0 saturated heterocycles. The predicted octanol–water partition coefficient (Wildman–Crippen LogP) is 3.99. The smallest absolute Gasteiger partial charge is 0.339 e. The molecule has 0 aliphatic rings. The number of nitro benzene ring substituents is 1. The first-order chi connectivity index (χ1) is 9.88. The van der Waals surface area contributed by atoms with Gasteiger partial charge in [0.05, 0.1) is 4.92 Å². The van der Waals surface area contributed by atoms with E-state index in [9.17, 15) is 19.3 Å². The number of ether oxygens (including phenoxy) is 1. The van der Waals surface area contributed by atoms with E-state index in [2.05, 4.69) is 15.9 Å². The number of benzene rings is 2. The largest absolute Gasteiger partial charge is 0.478 e. The fourth-order valence-corrected chi connectivity index (χ4v) is 1.92. The molecule has 0 radical (unpaired) electrons. The lowest BCUT2D eigenvalue weighted by molar-refractivity contribution is -0.387. The number of nitro groups is 1. The lowest BCUT2D eigenvalue weighted by atomic mass is 10.2. The van der Waals surface area contributed by atoms with Gasteiger partial charge in [0.15, 0.2) is 0 Å². The first-order valence-electron chi connectivity index (χ1n) is 5.53. The molecule has 0 spiro atoms. The maximum Gasteiger partial charge on any atom is 0.339 e. The Hall–Kier alpha value is -2.48. The number of hydrogen-bond acceptors (Lipinski definition) is 4. The summed E-state index contributed by atoms with van der Waals surface area (Å²) in [7, 11) is 0. The quantitative estimate of drug-likeness (QED) is 0.661. The molecule has 0 fully saturated rings. The van der Waals surface area contributed by atoms with E-state index in [4.69, 9.17) is 9.84 Å². The Bertz CT molecular complexity index is 734. The zero-order valence-corrected chi connectivity index (χ0v) is 11.8. The van der Waals surface area contributed by atoms with Crippen LogP contribution >= 0.6 is 15.9 Å². The Morgan fingerprint density at radius 3 is 2.57 bits per heavy atom. The zero-order chi connectivity index (χ0) is 15.6. The molecule has 0 saturated carbocycles. The van der Waals surface area contributed by atoms with Crippen molar-refractivity contribution < 1.29 is 24.0 Å². The maximum atomic E-state index is 13.5. The Labute approximate surface area is 126 Å². The van der Waals surface area contributed by atoms with Crippen molar-refractivity contribution in [1.82, 2.24) is 0 Å². The van der Waals surface area contributed by atoms with Crippen molar-refractivity contribution >= 4 is 27.6 Å². The van der Waals surface area contributed by atoms with Gasteiger partial charge in [-0.1, -0.05) is 15.9 Å². The molecule has 8 heteroatoms. The van der Waals surface area contributed by atoms with Gasteiger partial charge in [0.1, 0.15) is 17.1 Å². The molecular weight excluding hydrogens is 349 g/mol. The van der Waals surface area contributed by atoms with E-state index in [-0.39, 0.29) is 17.1 Å². The SMILES string of the molecule is O=C(O)c1ccc(Br)cc1Oc1ccc([N+](=O)[O-])c(F)c1. The molecular formula is C13H7BrFNO5. The molecule has 0 aliphatic carbocycles. The van der Waals surface area contributed by atoms with E-state index in [1.807, 2.05) is 0 Å². The number of carbonyl (C=O) groups is 1. The molecule has 108 valence electrons. The highest BCUT2D eigenvalue weighted by atomic mass is 79.9. The van der Waals surface area contributed by atoms with E-state index < -0.39 is 22.4 Å². The van der Waals surface area contributed by atoms with Crippen LogP contribution in [0.1, 0.15) is 10.4 Å². The molecule has 0 atom stereocenters. The van der Waals surface area contributed by atoms with Gasteiger partial charge in [0.25, 0.3) is 0 Å². The summed E-state index contributed by atoms with van der Waals surface area (Å²) >= 11 is 3.17. The van der Waals surface area contributed by atoms with Crippen LogP contribution in [0.25, 0.3) is 0 Å². The van der Waals surface area contributed by atoms with Gasteiger partial charge < -0.3 is 9.84 Å². The van der Waals surface area contributed by atoms with E-state index in [0.717, 1.165) is 12.1 Å². The van der Waals surface area contributed by atoms with Gasteiger partial charge in [0.2, 0.25) is 5.82 Å². The van der Waals surface area contributed by atoms with Crippen molar-refractivity contribution in [2.75, 3.05) is 0 Å². The van der Waals surface area contributed by atoms with Crippen LogP contribution in [0.3, 0.4) is 0 Å². The zero-order valence-electron chi connectivity index (χ0n) is 10.2. The van der Waals surface area contributed by atoms with Gasteiger partial charge in [-0.2, -0.15) is 4.39 Å². The van der Waals surface area contributed by atoms with Gasteiger partial charge in [-0.05, 0) is 24.3 Å². The van der Waals surface area contributed by atoms with Crippen LogP contribution in [0, 0.1) is 15.9 Å². The molecule has 1 N–H and O–H groups in total. The average molecular weight is 356 g/mol. The van der Waals surface area contributed by atoms with Gasteiger partial charge in [0, 0.05) is 16.6 Å². The molecule has 0 heterocycles. The Balaban J connectivity index is 2.38. The fourth-order valence-electron chi connectivity index (χ4n) is 1.58. The van der Waals surface area contributed by atoms with E-state index in [1.54, 1.807) is 0 Å². The third kappa shape index (κ3) is 3.34. The topological polar surface area (TPSA) is 89.7 Å². The van der Waals surface area contributed by atoms with Gasteiger partial charge in [-0.3, -0.25) is 10.1 Å². The third-order valence-corrected chi connectivity index (χ3v) is 3.01. The van der Waals surface area contributed by atoms with Crippen molar-refractivity contribution in [2.45, 2.75) is 0 Å². The summed E-state index contributed by atoms with van der Waals surface area (Å²) in [6.45, 7) is 0. The summed E-state index contributed by atoms with van der Waals surface area (Å²) in [4.78, 5) is 20.7. The highest BCUT2D eigenvalue weighted by Crippen LogP contribution is 2.30. The summed E-state index contributed by atoms with van der Waals surface area (Å²) in [6, 6.07) is 7.21. The van der Waals surface area contributed by atoms with Gasteiger partial charge in [-0.15, -0.1) is 0 Å². The fraction of sp³-hybridized carbons (Fsp3) is 0. The summed E-state index contributed by atoms with van der Waals surface area (Å²) < 4.78 is 19.4. The van der Waals surface area contributed by atoms with Crippen LogP contribution in [0.5, 0.6) is 11.5 Å². The van der Waals surface area contributed by atoms with Crippen molar-refractivity contribution in [3.63, 3.8) is 0 Å². The monoisotopic (exact) mass is 355 g/mol. The number of nitrogens with zero attached hydrogens (tertiary/aromatic N) is 1. The molecule has 6 nitrogen and oxygen atoms in total. The van der Waals surface area contributed by atoms with E-state index >= 15 is 0 Å². The van der Waals surface area contributed by atoms with Crippen molar-refractivity contribution in [2.24, 2.45) is 0 Å². The van der Waals surface area contributed by atoms with E-state index in [0.29, 0.717) is 4.47 Å². The summed E-state index contributed by atoms with van der Waals surface area (Å²) in [6.07, 6.45) is 0. The highest BCUT2D eigenvalue weighted by molar-refractivity contribution is 9.10. The molecule has 0 aromatic heterocycles. The minimum atomic E-state index is -1.21. The highest BCUT2D eigenvalue weighted by Gasteiger charge is 2.17. The van der Waals surface area contributed by atoms with Crippen LogP contribution in [-0.4, -0.2) is 16.0 Å². The second-order valence-corrected chi connectivity index (χ2v) is 4.83. The summed E-state index contributed by atoms with van der Waals surface area (Å²) in [5.74, 6) is -2.33. The normalized spacial score (nSPS) is 10.2. The first-order valence-corrected chi connectivity index (χ1v) is 6.32. The number of carboxylic acids is 1. The van der Waals surface area contributed by atoms with Crippen LogP contribution in [0.4, 0.5) is 10.1 Å². The first kappa shape index (κ1) is 14.9. The number of halogens is 2. The van der Waals surface area contributed by atoms with Crippen LogP contribution in [0.2, 0.25) is 0 Å². The van der Waals surface area contributed by atoms with Crippen LogP contribution in [0.15, 0.2) is 40.9 Å². The van der Waals surface area contributed by atoms with E-state index in [1.165, 1.54) is 24.3 Å². The molecule has 0 bridgehead atoms. The lowest BCUT2D eigenvalue weighted by Crippen LogP contribution is -2.00. The number of aromatic carboxylic acids is 1. The molecule has 2 aromatic carbocycles. The maximum absolute atomic E-state index is 13.5. The van der Waals surface area contributed by atoms with Crippen molar-refractivity contribution in [3.05, 3.63) is 62.4 Å². The second-order valence-electron chi connectivity index (χ2n) is 3.92. The van der Waals surface area contributed by atoms with Gasteiger partial charge >= 0.3 is 11.7 Å². The van der Waals surface area contributed by atoms with Crippen LogP contribution in [-0.2, 0) is 0 Å². The number of hydrogen-bond donors (Lipinski definition) is 1.